The summed E-state index contributed by atoms with van der Waals surface area (Å²) in [5.41, 5.74) is 6.61. The van der Waals surface area contributed by atoms with Crippen LogP contribution >= 0.6 is 28.1 Å². The lowest BCUT2D eigenvalue weighted by molar-refractivity contribution is 0.0913. The summed E-state index contributed by atoms with van der Waals surface area (Å²) >= 11 is 8.14. The second-order valence-electron chi connectivity index (χ2n) is 4.40. The highest BCUT2D eigenvalue weighted by molar-refractivity contribution is 9.10. The van der Waals surface area contributed by atoms with Crippen molar-refractivity contribution in [1.29, 1.82) is 0 Å². The van der Waals surface area contributed by atoms with E-state index in [1.807, 2.05) is 13.8 Å². The van der Waals surface area contributed by atoms with E-state index in [1.54, 1.807) is 18.2 Å². The number of nitrogens with two attached hydrogens (primary N) is 1. The highest BCUT2D eigenvalue weighted by Crippen LogP contribution is 2.24. The number of hydrogen-bond acceptors (Lipinski definition) is 4. The Morgan fingerprint density at radius 3 is 2.65 bits per heavy atom. The van der Waals surface area contributed by atoms with E-state index in [-0.39, 0.29) is 23.5 Å². The van der Waals surface area contributed by atoms with Gasteiger partial charge >= 0.3 is 0 Å². The van der Waals surface area contributed by atoms with E-state index in [2.05, 4.69) is 20.7 Å². The first-order chi connectivity index (χ1) is 9.21. The fourth-order valence-corrected chi connectivity index (χ4v) is 3.03. The molecule has 0 aliphatic carbocycles. The predicted octanol–water partition coefficient (Wildman–Crippen LogP) is 2.25. The molecule has 0 fully saturated rings. The van der Waals surface area contributed by atoms with Crippen molar-refractivity contribution in [2.24, 2.45) is 5.73 Å². The Kier molecular flexibility index (Phi) is 6.38. The molecule has 0 aliphatic heterocycles. The van der Waals surface area contributed by atoms with Crippen LogP contribution in [0.1, 0.15) is 19.4 Å². The van der Waals surface area contributed by atoms with Gasteiger partial charge in [0, 0.05) is 10.0 Å². The summed E-state index contributed by atoms with van der Waals surface area (Å²) in [5.74, 6) is -0.103. The van der Waals surface area contributed by atoms with E-state index in [0.717, 1.165) is 0 Å². The Morgan fingerprint density at radius 1 is 1.50 bits per heavy atom. The van der Waals surface area contributed by atoms with Gasteiger partial charge in [-0.3, -0.25) is 4.72 Å². The number of benzene rings is 1. The molecule has 0 spiro atoms. The lowest BCUT2D eigenvalue weighted by Crippen LogP contribution is -2.22. The van der Waals surface area contributed by atoms with Crippen molar-refractivity contribution in [1.82, 2.24) is 0 Å². The van der Waals surface area contributed by atoms with Gasteiger partial charge in [0.15, 0.2) is 0 Å². The lowest BCUT2D eigenvalue weighted by atomic mass is 10.2. The SMILES string of the molecule is CC(C)OCCS(=O)(=O)Nc1ccc(C(N)=S)cc1Br. The van der Waals surface area contributed by atoms with Gasteiger partial charge in [0.05, 0.1) is 24.2 Å². The largest absolute Gasteiger partial charge is 0.389 e. The number of hydrogen-bond donors (Lipinski definition) is 2. The van der Waals surface area contributed by atoms with Crippen molar-refractivity contribution < 1.29 is 13.2 Å². The zero-order chi connectivity index (χ0) is 15.3. The third-order valence-corrected chi connectivity index (χ3v) is 4.45. The molecule has 3 N–H and O–H groups in total. The normalized spacial score (nSPS) is 11.6. The maximum Gasteiger partial charge on any atom is 0.235 e. The number of anilines is 1. The maximum absolute atomic E-state index is 11.9. The van der Waals surface area contributed by atoms with Gasteiger partial charge in [0.1, 0.15) is 4.99 Å². The Morgan fingerprint density at radius 2 is 2.15 bits per heavy atom. The molecular formula is C12H17BrN2O3S2. The third kappa shape index (κ3) is 5.74. The Bertz CT molecular complexity index is 588. The van der Waals surface area contributed by atoms with Crippen molar-refractivity contribution in [2.45, 2.75) is 20.0 Å². The summed E-state index contributed by atoms with van der Waals surface area (Å²) in [6.45, 7) is 3.85. The third-order valence-electron chi connectivity index (χ3n) is 2.32. The molecule has 1 aromatic carbocycles. The smallest absolute Gasteiger partial charge is 0.235 e. The van der Waals surface area contributed by atoms with Gasteiger partial charge in [0.25, 0.3) is 0 Å². The number of ether oxygens (including phenoxy) is 1. The van der Waals surface area contributed by atoms with Gasteiger partial charge in [-0.2, -0.15) is 0 Å². The van der Waals surface area contributed by atoms with Crippen LogP contribution in [0.15, 0.2) is 22.7 Å². The van der Waals surface area contributed by atoms with Crippen LogP contribution in [0, 0.1) is 0 Å². The average molecular weight is 381 g/mol. The molecule has 0 saturated heterocycles. The molecule has 0 aromatic heterocycles. The molecule has 0 bridgehead atoms. The second kappa shape index (κ2) is 7.35. The molecule has 112 valence electrons. The van der Waals surface area contributed by atoms with Gasteiger partial charge in [-0.25, -0.2) is 8.42 Å². The van der Waals surface area contributed by atoms with Gasteiger partial charge < -0.3 is 10.5 Å². The highest BCUT2D eigenvalue weighted by Gasteiger charge is 2.13. The standard InChI is InChI=1S/C12H17BrN2O3S2/c1-8(2)18-5-6-20(16,17)15-11-4-3-9(12(14)19)7-10(11)13/h3-4,7-8,15H,5-6H2,1-2H3,(H2,14,19). The minimum atomic E-state index is -3.45. The fraction of sp³-hybridized carbons (Fsp3) is 0.417. The van der Waals surface area contributed by atoms with Crippen LogP contribution < -0.4 is 10.5 Å². The van der Waals surface area contributed by atoms with Crippen molar-refractivity contribution in [3.8, 4) is 0 Å². The van der Waals surface area contributed by atoms with Crippen LogP contribution in [0.25, 0.3) is 0 Å². The first-order valence-corrected chi connectivity index (χ1v) is 8.78. The van der Waals surface area contributed by atoms with E-state index in [9.17, 15) is 8.42 Å². The molecule has 0 heterocycles. The van der Waals surface area contributed by atoms with Gasteiger partial charge in [-0.05, 0) is 48.0 Å². The van der Waals surface area contributed by atoms with E-state index >= 15 is 0 Å². The molecule has 0 unspecified atom stereocenters. The molecule has 1 rings (SSSR count). The van der Waals surface area contributed by atoms with Gasteiger partial charge in [-0.15, -0.1) is 0 Å². The number of halogens is 1. The summed E-state index contributed by atoms with van der Waals surface area (Å²) in [6.07, 6.45) is 0.00165. The number of nitrogens with one attached hydrogen (secondary N) is 1. The summed E-state index contributed by atoms with van der Waals surface area (Å²) in [6, 6.07) is 4.94. The zero-order valence-corrected chi connectivity index (χ0v) is 14.4. The first-order valence-electron chi connectivity index (χ1n) is 5.93. The van der Waals surface area contributed by atoms with Crippen molar-refractivity contribution in [3.63, 3.8) is 0 Å². The molecule has 20 heavy (non-hydrogen) atoms. The summed E-state index contributed by atoms with van der Waals surface area (Å²) in [7, 11) is -3.45. The number of sulfonamides is 1. The molecule has 8 heteroatoms. The van der Waals surface area contributed by atoms with Crippen LogP contribution in [0.3, 0.4) is 0 Å². The van der Waals surface area contributed by atoms with Crippen LogP contribution in [0.2, 0.25) is 0 Å². The highest BCUT2D eigenvalue weighted by atomic mass is 79.9. The van der Waals surface area contributed by atoms with E-state index in [1.165, 1.54) is 0 Å². The van der Waals surface area contributed by atoms with Crippen molar-refractivity contribution >= 4 is 48.8 Å². The summed E-state index contributed by atoms with van der Waals surface area (Å²) in [5, 5.41) is 0. The second-order valence-corrected chi connectivity index (χ2v) is 7.54. The first kappa shape index (κ1) is 17.4. The predicted molar refractivity (Wildman–Crippen MR) is 88.5 cm³/mol. The van der Waals surface area contributed by atoms with Crippen LogP contribution in [-0.4, -0.2) is 31.9 Å². The van der Waals surface area contributed by atoms with E-state index < -0.39 is 10.0 Å². The topological polar surface area (TPSA) is 81.4 Å². The molecule has 0 amide bonds. The van der Waals surface area contributed by atoms with E-state index in [4.69, 9.17) is 22.7 Å². The Hall–Kier alpha value is -0.700. The quantitative estimate of drug-likeness (QED) is 0.708. The Balaban J connectivity index is 2.75. The molecule has 0 atom stereocenters. The molecule has 0 saturated carbocycles. The summed E-state index contributed by atoms with van der Waals surface area (Å²) in [4.78, 5) is 0.255. The number of rotatable bonds is 7. The van der Waals surface area contributed by atoms with Gasteiger partial charge in [0.2, 0.25) is 10.0 Å². The van der Waals surface area contributed by atoms with Crippen LogP contribution in [0.4, 0.5) is 5.69 Å². The zero-order valence-electron chi connectivity index (χ0n) is 11.2. The molecule has 5 nitrogen and oxygen atoms in total. The lowest BCUT2D eigenvalue weighted by Gasteiger charge is -2.12. The van der Waals surface area contributed by atoms with Crippen molar-refractivity contribution in [2.75, 3.05) is 17.1 Å². The minimum Gasteiger partial charge on any atom is -0.389 e. The van der Waals surface area contributed by atoms with Crippen LogP contribution in [0.5, 0.6) is 0 Å². The minimum absolute atomic E-state index is 0.00165. The molecule has 0 aliphatic rings. The molecule has 1 aromatic rings. The molecular weight excluding hydrogens is 364 g/mol. The van der Waals surface area contributed by atoms with Gasteiger partial charge in [-0.1, -0.05) is 12.2 Å². The fourth-order valence-electron chi connectivity index (χ4n) is 1.36. The van der Waals surface area contributed by atoms with E-state index in [0.29, 0.717) is 15.7 Å². The maximum atomic E-state index is 11.9. The monoisotopic (exact) mass is 380 g/mol. The summed E-state index contributed by atoms with van der Waals surface area (Å²) < 4.78 is 32.1. The number of thiocarbonyl (C=S) groups is 1. The molecule has 0 radical (unpaired) electrons. The Labute approximate surface area is 133 Å². The average Bonchev–Trinajstić information content (AvgIpc) is 2.30. The van der Waals surface area contributed by atoms with Crippen molar-refractivity contribution in [3.05, 3.63) is 28.2 Å². The van der Waals surface area contributed by atoms with Crippen LogP contribution in [-0.2, 0) is 14.8 Å².